The van der Waals surface area contributed by atoms with Crippen LogP contribution in [0.25, 0.3) is 11.5 Å². The molecule has 0 unspecified atom stereocenters. The number of hydrogen-bond acceptors (Lipinski definition) is 3. The Kier molecular flexibility index (Phi) is 1.55. The van der Waals surface area contributed by atoms with Gasteiger partial charge in [0.2, 0.25) is 5.89 Å². The van der Waals surface area contributed by atoms with Crippen molar-refractivity contribution in [2.75, 3.05) is 0 Å². The molecule has 1 heterocycles. The Balaban J connectivity index is 2.45. The molecule has 2 rings (SSSR count). The van der Waals surface area contributed by atoms with Gasteiger partial charge < -0.3 is 9.52 Å². The monoisotopic (exact) mass is 161 g/mol. The molecule has 0 saturated heterocycles. The smallest absolute Gasteiger partial charge is 0.250 e. The molecule has 0 spiro atoms. The standard InChI is InChI=1S/C9H7NO2/c11-8-6-12-9(10-8)7-4-2-1-3-5-7/h1-6,11H. The van der Waals surface area contributed by atoms with Crippen LogP contribution in [0.1, 0.15) is 0 Å². The van der Waals surface area contributed by atoms with Crippen LogP contribution in [-0.4, -0.2) is 10.1 Å². The molecule has 2 aromatic rings. The Hall–Kier alpha value is -1.77. The van der Waals surface area contributed by atoms with Crippen molar-refractivity contribution >= 4 is 0 Å². The van der Waals surface area contributed by atoms with Crippen LogP contribution in [0.5, 0.6) is 5.88 Å². The van der Waals surface area contributed by atoms with Gasteiger partial charge in [-0.15, -0.1) is 0 Å². The summed E-state index contributed by atoms with van der Waals surface area (Å²) in [6.45, 7) is 0. The van der Waals surface area contributed by atoms with E-state index in [0.717, 1.165) is 5.56 Å². The highest BCUT2D eigenvalue weighted by Crippen LogP contribution is 2.19. The summed E-state index contributed by atoms with van der Waals surface area (Å²) >= 11 is 0. The molecule has 3 nitrogen and oxygen atoms in total. The molecule has 0 amide bonds. The lowest BCUT2D eigenvalue weighted by Gasteiger charge is -1.90. The minimum absolute atomic E-state index is 0.0890. The number of aromatic hydroxyl groups is 1. The minimum Gasteiger partial charge on any atom is -0.491 e. The first-order valence-corrected chi connectivity index (χ1v) is 3.56. The Morgan fingerprint density at radius 2 is 1.92 bits per heavy atom. The van der Waals surface area contributed by atoms with E-state index in [-0.39, 0.29) is 5.88 Å². The number of hydrogen-bond donors (Lipinski definition) is 1. The van der Waals surface area contributed by atoms with Crippen LogP contribution < -0.4 is 0 Å². The highest BCUT2D eigenvalue weighted by molar-refractivity contribution is 5.52. The van der Waals surface area contributed by atoms with E-state index in [4.69, 9.17) is 9.52 Å². The van der Waals surface area contributed by atoms with Crippen LogP contribution in [0.4, 0.5) is 0 Å². The Morgan fingerprint density at radius 3 is 2.50 bits per heavy atom. The summed E-state index contributed by atoms with van der Waals surface area (Å²) in [5, 5.41) is 8.91. The quantitative estimate of drug-likeness (QED) is 0.696. The highest BCUT2D eigenvalue weighted by atomic mass is 16.4. The molecule has 12 heavy (non-hydrogen) atoms. The summed E-state index contributed by atoms with van der Waals surface area (Å²) in [5.41, 5.74) is 0.859. The van der Waals surface area contributed by atoms with Crippen molar-refractivity contribution in [3.63, 3.8) is 0 Å². The lowest BCUT2D eigenvalue weighted by atomic mass is 10.2. The van der Waals surface area contributed by atoms with Gasteiger partial charge in [0.1, 0.15) is 0 Å². The normalized spacial score (nSPS) is 10.0. The van der Waals surface area contributed by atoms with Gasteiger partial charge in [-0.2, -0.15) is 4.98 Å². The van der Waals surface area contributed by atoms with Crippen molar-refractivity contribution in [1.82, 2.24) is 4.98 Å². The van der Waals surface area contributed by atoms with Gasteiger partial charge in [0, 0.05) is 5.56 Å². The lowest BCUT2D eigenvalue weighted by Crippen LogP contribution is -1.74. The van der Waals surface area contributed by atoms with Crippen molar-refractivity contribution < 1.29 is 9.52 Å². The second-order valence-electron chi connectivity index (χ2n) is 2.38. The molecule has 0 fully saturated rings. The summed E-state index contributed by atoms with van der Waals surface area (Å²) in [5.74, 6) is 0.349. The lowest BCUT2D eigenvalue weighted by molar-refractivity contribution is 0.448. The number of rotatable bonds is 1. The van der Waals surface area contributed by atoms with E-state index in [9.17, 15) is 0 Å². The van der Waals surface area contributed by atoms with Crippen molar-refractivity contribution in [3.8, 4) is 17.3 Å². The van der Waals surface area contributed by atoms with Crippen molar-refractivity contribution in [2.45, 2.75) is 0 Å². The van der Waals surface area contributed by atoms with Crippen molar-refractivity contribution in [2.24, 2.45) is 0 Å². The first-order valence-electron chi connectivity index (χ1n) is 3.56. The molecular weight excluding hydrogens is 154 g/mol. The summed E-state index contributed by atoms with van der Waals surface area (Å²) in [6.07, 6.45) is 1.21. The van der Waals surface area contributed by atoms with Gasteiger partial charge in [-0.05, 0) is 12.1 Å². The zero-order chi connectivity index (χ0) is 8.39. The van der Waals surface area contributed by atoms with E-state index in [1.54, 1.807) is 0 Å². The molecule has 0 saturated carbocycles. The SMILES string of the molecule is Oc1coc(-c2ccccc2)n1. The fourth-order valence-electron chi connectivity index (χ4n) is 0.979. The minimum atomic E-state index is -0.0890. The van der Waals surface area contributed by atoms with E-state index in [2.05, 4.69) is 4.98 Å². The highest BCUT2D eigenvalue weighted by Gasteiger charge is 2.03. The van der Waals surface area contributed by atoms with Gasteiger partial charge in [-0.25, -0.2) is 0 Å². The van der Waals surface area contributed by atoms with Crippen LogP contribution in [0.2, 0.25) is 0 Å². The van der Waals surface area contributed by atoms with Crippen molar-refractivity contribution in [3.05, 3.63) is 36.6 Å². The van der Waals surface area contributed by atoms with Crippen LogP contribution in [0.15, 0.2) is 41.0 Å². The summed E-state index contributed by atoms with van der Waals surface area (Å²) < 4.78 is 4.99. The molecule has 0 aliphatic carbocycles. The maximum absolute atomic E-state index is 8.91. The third-order valence-electron chi connectivity index (χ3n) is 1.51. The summed E-state index contributed by atoms with van der Waals surface area (Å²) in [4.78, 5) is 3.77. The molecule has 1 aromatic carbocycles. The number of nitrogens with zero attached hydrogens (tertiary/aromatic N) is 1. The average Bonchev–Trinajstić information content (AvgIpc) is 2.54. The van der Waals surface area contributed by atoms with Gasteiger partial charge >= 0.3 is 0 Å². The summed E-state index contributed by atoms with van der Waals surface area (Å²) in [7, 11) is 0. The molecule has 0 aliphatic rings. The topological polar surface area (TPSA) is 46.3 Å². The number of oxazole rings is 1. The Labute approximate surface area is 69.3 Å². The number of aromatic nitrogens is 1. The van der Waals surface area contributed by atoms with E-state index in [0.29, 0.717) is 5.89 Å². The third kappa shape index (κ3) is 1.16. The fourth-order valence-corrected chi connectivity index (χ4v) is 0.979. The zero-order valence-corrected chi connectivity index (χ0v) is 6.27. The largest absolute Gasteiger partial charge is 0.491 e. The molecule has 3 heteroatoms. The molecule has 0 aliphatic heterocycles. The van der Waals surface area contributed by atoms with Crippen molar-refractivity contribution in [1.29, 1.82) is 0 Å². The maximum Gasteiger partial charge on any atom is 0.250 e. The van der Waals surface area contributed by atoms with Crippen LogP contribution in [0.3, 0.4) is 0 Å². The Bertz CT molecular complexity index is 367. The van der Waals surface area contributed by atoms with Gasteiger partial charge in [-0.3, -0.25) is 0 Å². The molecule has 0 atom stereocenters. The van der Waals surface area contributed by atoms with Gasteiger partial charge in [0.05, 0.1) is 0 Å². The van der Waals surface area contributed by atoms with Crippen LogP contribution >= 0.6 is 0 Å². The first kappa shape index (κ1) is 6.91. The second-order valence-corrected chi connectivity index (χ2v) is 2.38. The van der Waals surface area contributed by atoms with Gasteiger partial charge in [-0.1, -0.05) is 18.2 Å². The second kappa shape index (κ2) is 2.70. The van der Waals surface area contributed by atoms with Crippen LogP contribution in [0, 0.1) is 0 Å². The van der Waals surface area contributed by atoms with Gasteiger partial charge in [0.15, 0.2) is 6.26 Å². The Morgan fingerprint density at radius 1 is 1.17 bits per heavy atom. The van der Waals surface area contributed by atoms with E-state index in [1.807, 2.05) is 30.3 Å². The third-order valence-corrected chi connectivity index (χ3v) is 1.51. The fraction of sp³-hybridized carbons (Fsp3) is 0. The first-order chi connectivity index (χ1) is 5.86. The molecular formula is C9H7NO2. The van der Waals surface area contributed by atoms with E-state index < -0.39 is 0 Å². The predicted molar refractivity (Wildman–Crippen MR) is 43.6 cm³/mol. The average molecular weight is 161 g/mol. The summed E-state index contributed by atoms with van der Waals surface area (Å²) in [6, 6.07) is 9.41. The maximum atomic E-state index is 8.91. The molecule has 0 radical (unpaired) electrons. The molecule has 60 valence electrons. The zero-order valence-electron chi connectivity index (χ0n) is 6.27. The molecule has 0 bridgehead atoms. The molecule has 1 aromatic heterocycles. The number of benzene rings is 1. The van der Waals surface area contributed by atoms with E-state index >= 15 is 0 Å². The van der Waals surface area contributed by atoms with Crippen LogP contribution in [-0.2, 0) is 0 Å². The van der Waals surface area contributed by atoms with E-state index in [1.165, 1.54) is 6.26 Å². The van der Waals surface area contributed by atoms with Gasteiger partial charge in [0.25, 0.3) is 5.88 Å². The molecule has 1 N–H and O–H groups in total. The predicted octanol–water partition coefficient (Wildman–Crippen LogP) is 2.05.